The second-order valence-electron chi connectivity index (χ2n) is 5.28. The van der Waals surface area contributed by atoms with Crippen LogP contribution in [0.25, 0.3) is 0 Å². The molecule has 5 heteroatoms. The van der Waals surface area contributed by atoms with Gasteiger partial charge < -0.3 is 16.4 Å². The number of nitrogens with one attached hydrogen (secondary N) is 2. The molecular weight excluding hydrogens is 242 g/mol. The summed E-state index contributed by atoms with van der Waals surface area (Å²) >= 11 is 0. The van der Waals surface area contributed by atoms with Gasteiger partial charge in [-0.25, -0.2) is 0 Å². The number of nitrogens with two attached hydrogens (primary N) is 1. The lowest BCUT2D eigenvalue weighted by atomic mass is 9.88. The van der Waals surface area contributed by atoms with Gasteiger partial charge in [-0.05, 0) is 37.6 Å². The zero-order valence-corrected chi connectivity index (χ0v) is 11.0. The van der Waals surface area contributed by atoms with Gasteiger partial charge in [-0.3, -0.25) is 9.59 Å². The first kappa shape index (κ1) is 13.5. The van der Waals surface area contributed by atoms with Gasteiger partial charge in [0.1, 0.15) is 0 Å². The van der Waals surface area contributed by atoms with E-state index in [9.17, 15) is 9.59 Å². The molecule has 0 spiro atoms. The molecule has 1 aromatic rings. The second-order valence-corrected chi connectivity index (χ2v) is 5.28. The van der Waals surface area contributed by atoms with Crippen molar-refractivity contribution in [1.82, 2.24) is 5.32 Å². The van der Waals surface area contributed by atoms with Crippen molar-refractivity contribution in [3.8, 4) is 0 Å². The Morgan fingerprint density at radius 3 is 2.58 bits per heavy atom. The monoisotopic (exact) mass is 261 g/mol. The normalized spacial score (nSPS) is 22.2. The van der Waals surface area contributed by atoms with Crippen molar-refractivity contribution in [1.29, 1.82) is 0 Å². The molecule has 0 aliphatic carbocycles. The van der Waals surface area contributed by atoms with E-state index in [-0.39, 0.29) is 23.7 Å². The van der Waals surface area contributed by atoms with Gasteiger partial charge in [-0.2, -0.15) is 0 Å². The molecule has 1 atom stereocenters. The Morgan fingerprint density at radius 2 is 2.05 bits per heavy atom. The van der Waals surface area contributed by atoms with Crippen molar-refractivity contribution in [3.63, 3.8) is 0 Å². The van der Waals surface area contributed by atoms with Crippen LogP contribution in [0.2, 0.25) is 0 Å². The first-order valence-corrected chi connectivity index (χ1v) is 6.39. The SMILES string of the molecule is CC1(C(=O)Nc2ccc(CC(N)=O)cc2)CCNC1. The third-order valence-corrected chi connectivity index (χ3v) is 3.51. The molecule has 2 amide bonds. The fraction of sp³-hybridized carbons (Fsp3) is 0.429. The standard InChI is InChI=1S/C14H19N3O2/c1-14(6-7-16-9-14)13(19)17-11-4-2-10(3-5-11)8-12(15)18/h2-5,16H,6-9H2,1H3,(H2,15,18)(H,17,19). The van der Waals surface area contributed by atoms with Gasteiger partial charge in [-0.15, -0.1) is 0 Å². The van der Waals surface area contributed by atoms with Gasteiger partial charge >= 0.3 is 0 Å². The van der Waals surface area contributed by atoms with Crippen LogP contribution in [0.4, 0.5) is 5.69 Å². The van der Waals surface area contributed by atoms with Gasteiger partial charge in [0, 0.05) is 12.2 Å². The minimum atomic E-state index is -0.360. The number of carbonyl (C=O) groups is 2. The quantitative estimate of drug-likeness (QED) is 0.744. The number of rotatable bonds is 4. The van der Waals surface area contributed by atoms with Crippen LogP contribution in [0.15, 0.2) is 24.3 Å². The minimum absolute atomic E-state index is 0.0279. The summed E-state index contributed by atoms with van der Waals surface area (Å²) in [6, 6.07) is 7.19. The van der Waals surface area contributed by atoms with E-state index in [4.69, 9.17) is 5.73 Å². The Labute approximate surface area is 112 Å². The lowest BCUT2D eigenvalue weighted by Gasteiger charge is -2.21. The summed E-state index contributed by atoms with van der Waals surface area (Å²) in [5.74, 6) is -0.332. The Balaban J connectivity index is 1.99. The van der Waals surface area contributed by atoms with Crippen molar-refractivity contribution in [2.75, 3.05) is 18.4 Å². The molecule has 0 saturated carbocycles. The van der Waals surface area contributed by atoms with Crippen molar-refractivity contribution < 1.29 is 9.59 Å². The van der Waals surface area contributed by atoms with Crippen molar-refractivity contribution in [3.05, 3.63) is 29.8 Å². The third kappa shape index (κ3) is 3.32. The lowest BCUT2D eigenvalue weighted by Crippen LogP contribution is -2.35. The summed E-state index contributed by atoms with van der Waals surface area (Å²) in [7, 11) is 0. The van der Waals surface area contributed by atoms with E-state index in [2.05, 4.69) is 10.6 Å². The zero-order valence-electron chi connectivity index (χ0n) is 11.0. The molecule has 0 aromatic heterocycles. The molecule has 1 unspecified atom stereocenters. The summed E-state index contributed by atoms with van der Waals surface area (Å²) in [5, 5.41) is 6.11. The highest BCUT2D eigenvalue weighted by Gasteiger charge is 2.36. The van der Waals surface area contributed by atoms with Crippen LogP contribution in [0, 0.1) is 5.41 Å². The van der Waals surface area contributed by atoms with Gasteiger partial charge in [0.25, 0.3) is 0 Å². The first-order chi connectivity index (χ1) is 8.99. The van der Waals surface area contributed by atoms with Crippen molar-refractivity contribution >= 4 is 17.5 Å². The Morgan fingerprint density at radius 1 is 1.37 bits per heavy atom. The predicted molar refractivity (Wildman–Crippen MR) is 73.6 cm³/mol. The fourth-order valence-corrected chi connectivity index (χ4v) is 2.20. The molecule has 5 nitrogen and oxygen atoms in total. The van der Waals surface area contributed by atoms with E-state index in [0.29, 0.717) is 6.54 Å². The highest BCUT2D eigenvalue weighted by atomic mass is 16.2. The molecule has 1 saturated heterocycles. The number of hydrogen-bond acceptors (Lipinski definition) is 3. The van der Waals surface area contributed by atoms with Crippen LogP contribution >= 0.6 is 0 Å². The van der Waals surface area contributed by atoms with E-state index in [0.717, 1.165) is 24.2 Å². The van der Waals surface area contributed by atoms with E-state index in [1.165, 1.54) is 0 Å². The van der Waals surface area contributed by atoms with Crippen LogP contribution in [0.3, 0.4) is 0 Å². The zero-order chi connectivity index (χ0) is 13.9. The molecule has 1 aromatic carbocycles. The minimum Gasteiger partial charge on any atom is -0.369 e. The van der Waals surface area contributed by atoms with Crippen molar-refractivity contribution in [2.24, 2.45) is 11.1 Å². The van der Waals surface area contributed by atoms with Crippen LogP contribution in [0.5, 0.6) is 0 Å². The van der Waals surface area contributed by atoms with E-state index in [1.54, 1.807) is 24.3 Å². The van der Waals surface area contributed by atoms with Gasteiger partial charge in [0.2, 0.25) is 11.8 Å². The number of primary amides is 1. The second kappa shape index (κ2) is 5.40. The Bertz CT molecular complexity index is 476. The summed E-state index contributed by atoms with van der Waals surface area (Å²) in [4.78, 5) is 23.0. The van der Waals surface area contributed by atoms with Gasteiger partial charge in [-0.1, -0.05) is 12.1 Å². The molecule has 1 aliphatic heterocycles. The summed E-state index contributed by atoms with van der Waals surface area (Å²) in [6.45, 7) is 3.55. The Hall–Kier alpha value is -1.88. The smallest absolute Gasteiger partial charge is 0.231 e. The molecule has 0 bridgehead atoms. The summed E-state index contributed by atoms with van der Waals surface area (Å²) < 4.78 is 0. The largest absolute Gasteiger partial charge is 0.369 e. The molecule has 102 valence electrons. The molecule has 4 N–H and O–H groups in total. The van der Waals surface area contributed by atoms with E-state index in [1.807, 2.05) is 6.92 Å². The van der Waals surface area contributed by atoms with Crippen LogP contribution in [0.1, 0.15) is 18.9 Å². The first-order valence-electron chi connectivity index (χ1n) is 6.39. The molecular formula is C14H19N3O2. The molecule has 2 rings (SSSR count). The topological polar surface area (TPSA) is 84.2 Å². The Kier molecular flexibility index (Phi) is 3.85. The highest BCUT2D eigenvalue weighted by molar-refractivity contribution is 5.95. The van der Waals surface area contributed by atoms with Crippen LogP contribution < -0.4 is 16.4 Å². The number of amides is 2. The average molecular weight is 261 g/mol. The lowest BCUT2D eigenvalue weighted by molar-refractivity contribution is -0.123. The maximum Gasteiger partial charge on any atom is 0.231 e. The molecule has 19 heavy (non-hydrogen) atoms. The molecule has 1 fully saturated rings. The number of hydrogen-bond donors (Lipinski definition) is 3. The van der Waals surface area contributed by atoms with E-state index >= 15 is 0 Å². The van der Waals surface area contributed by atoms with Crippen LogP contribution in [-0.2, 0) is 16.0 Å². The third-order valence-electron chi connectivity index (χ3n) is 3.51. The average Bonchev–Trinajstić information content (AvgIpc) is 2.79. The molecule has 0 radical (unpaired) electrons. The maximum atomic E-state index is 12.2. The van der Waals surface area contributed by atoms with Crippen LogP contribution in [-0.4, -0.2) is 24.9 Å². The number of benzene rings is 1. The van der Waals surface area contributed by atoms with Crippen molar-refractivity contribution in [2.45, 2.75) is 19.8 Å². The fourth-order valence-electron chi connectivity index (χ4n) is 2.20. The molecule has 1 heterocycles. The number of carbonyl (C=O) groups excluding carboxylic acids is 2. The summed E-state index contributed by atoms with van der Waals surface area (Å²) in [6.07, 6.45) is 1.06. The molecule has 1 aliphatic rings. The maximum absolute atomic E-state index is 12.2. The van der Waals surface area contributed by atoms with Gasteiger partial charge in [0.15, 0.2) is 0 Å². The number of anilines is 1. The van der Waals surface area contributed by atoms with E-state index < -0.39 is 0 Å². The predicted octanol–water partition coefficient (Wildman–Crippen LogP) is 0.652. The highest BCUT2D eigenvalue weighted by Crippen LogP contribution is 2.26. The van der Waals surface area contributed by atoms with Gasteiger partial charge in [0.05, 0.1) is 11.8 Å². The summed E-state index contributed by atoms with van der Waals surface area (Å²) in [5.41, 5.74) is 6.37.